The molecule has 0 aliphatic carbocycles. The van der Waals surface area contributed by atoms with E-state index in [4.69, 9.17) is 4.74 Å². The van der Waals surface area contributed by atoms with Crippen LogP contribution in [0.3, 0.4) is 0 Å². The lowest BCUT2D eigenvalue weighted by atomic mass is 9.94. The van der Waals surface area contributed by atoms with Gasteiger partial charge in [-0.1, -0.05) is 71.3 Å². The molecule has 0 radical (unpaired) electrons. The highest BCUT2D eigenvalue weighted by atomic mass is 16.5. The van der Waals surface area contributed by atoms with Crippen LogP contribution in [0.5, 0.6) is 11.5 Å². The molecule has 4 aromatic rings. The van der Waals surface area contributed by atoms with E-state index >= 15 is 0 Å². The molecule has 0 fully saturated rings. The number of hydrogen-bond donors (Lipinski definition) is 0. The van der Waals surface area contributed by atoms with Crippen LogP contribution in [0.2, 0.25) is 0 Å². The molecule has 4 rings (SSSR count). The standard InChI is InChI=1S/C16H18.C15H16O/c1-11-5-7-15(13(3)9-11)16-8-6-12(2)10-14(16)4;1-11-4-7-14(8-5-11)16-15-9-6-12(2)13(3)10-15/h5-10H,1-4H3;4-10H,1-3H3. The molecule has 0 aliphatic rings. The first-order chi connectivity index (χ1) is 15.2. The maximum Gasteiger partial charge on any atom is 0.127 e. The second kappa shape index (κ2) is 10.3. The second-order valence-corrected chi connectivity index (χ2v) is 8.80. The summed E-state index contributed by atoms with van der Waals surface area (Å²) >= 11 is 0. The second-order valence-electron chi connectivity index (χ2n) is 8.80. The lowest BCUT2D eigenvalue weighted by Crippen LogP contribution is -1.88. The monoisotopic (exact) mass is 422 g/mol. The van der Waals surface area contributed by atoms with Crippen LogP contribution in [0, 0.1) is 48.5 Å². The summed E-state index contributed by atoms with van der Waals surface area (Å²) < 4.78 is 5.77. The molecule has 0 saturated carbocycles. The zero-order chi connectivity index (χ0) is 23.3. The maximum atomic E-state index is 5.77. The van der Waals surface area contributed by atoms with Crippen LogP contribution in [0.1, 0.15) is 38.9 Å². The Bertz CT molecular complexity index is 1150. The molecule has 0 bridgehead atoms. The first kappa shape index (κ1) is 23.3. The predicted molar refractivity (Wildman–Crippen MR) is 138 cm³/mol. The van der Waals surface area contributed by atoms with Crippen molar-refractivity contribution in [1.82, 2.24) is 0 Å². The molecule has 0 spiro atoms. The van der Waals surface area contributed by atoms with E-state index in [0.29, 0.717) is 0 Å². The van der Waals surface area contributed by atoms with E-state index in [9.17, 15) is 0 Å². The molecule has 0 heterocycles. The van der Waals surface area contributed by atoms with Crippen LogP contribution in [0.15, 0.2) is 78.9 Å². The zero-order valence-electron chi connectivity index (χ0n) is 20.4. The van der Waals surface area contributed by atoms with Crippen molar-refractivity contribution >= 4 is 0 Å². The van der Waals surface area contributed by atoms with E-state index in [1.807, 2.05) is 18.2 Å². The Morgan fingerprint density at radius 2 is 0.844 bits per heavy atom. The molecule has 4 aromatic carbocycles. The smallest absolute Gasteiger partial charge is 0.127 e. The van der Waals surface area contributed by atoms with Gasteiger partial charge >= 0.3 is 0 Å². The summed E-state index contributed by atoms with van der Waals surface area (Å²) in [7, 11) is 0. The molecule has 0 aromatic heterocycles. The minimum atomic E-state index is 0.883. The zero-order valence-corrected chi connectivity index (χ0v) is 20.4. The Morgan fingerprint density at radius 1 is 0.375 bits per heavy atom. The Hall–Kier alpha value is -3.32. The summed E-state index contributed by atoms with van der Waals surface area (Å²) in [5, 5.41) is 0. The largest absolute Gasteiger partial charge is 0.457 e. The van der Waals surface area contributed by atoms with Crippen molar-refractivity contribution in [2.75, 3.05) is 0 Å². The Morgan fingerprint density at radius 3 is 1.31 bits per heavy atom. The fourth-order valence-corrected chi connectivity index (χ4v) is 3.75. The third kappa shape index (κ3) is 6.11. The molecular formula is C31H34O. The lowest BCUT2D eigenvalue weighted by molar-refractivity contribution is 0.482. The van der Waals surface area contributed by atoms with Crippen molar-refractivity contribution in [3.63, 3.8) is 0 Å². The van der Waals surface area contributed by atoms with Gasteiger partial charge in [0.25, 0.3) is 0 Å². The van der Waals surface area contributed by atoms with Gasteiger partial charge in [-0.25, -0.2) is 0 Å². The van der Waals surface area contributed by atoms with Crippen LogP contribution in [0.25, 0.3) is 11.1 Å². The maximum absolute atomic E-state index is 5.77. The van der Waals surface area contributed by atoms with Gasteiger partial charge < -0.3 is 4.74 Å². The molecule has 0 atom stereocenters. The van der Waals surface area contributed by atoms with Gasteiger partial charge in [0.15, 0.2) is 0 Å². The topological polar surface area (TPSA) is 9.23 Å². The Kier molecular flexibility index (Phi) is 7.53. The van der Waals surface area contributed by atoms with E-state index in [1.165, 1.54) is 50.1 Å². The van der Waals surface area contributed by atoms with Gasteiger partial charge in [0.2, 0.25) is 0 Å². The third-order valence-electron chi connectivity index (χ3n) is 5.79. The number of ether oxygens (including phenoxy) is 1. The molecule has 32 heavy (non-hydrogen) atoms. The molecule has 0 saturated heterocycles. The fourth-order valence-electron chi connectivity index (χ4n) is 3.75. The van der Waals surface area contributed by atoms with Crippen molar-refractivity contribution < 1.29 is 4.74 Å². The van der Waals surface area contributed by atoms with E-state index < -0.39 is 0 Å². The predicted octanol–water partition coefficient (Wildman–Crippen LogP) is 8.99. The van der Waals surface area contributed by atoms with Gasteiger partial charge in [-0.3, -0.25) is 0 Å². The minimum absolute atomic E-state index is 0.883. The first-order valence-corrected chi connectivity index (χ1v) is 11.2. The summed E-state index contributed by atoms with van der Waals surface area (Å²) in [5.41, 5.74) is 11.8. The molecule has 0 aliphatic heterocycles. The Labute approximate surface area is 193 Å². The fraction of sp³-hybridized carbons (Fsp3) is 0.226. The van der Waals surface area contributed by atoms with Crippen molar-refractivity contribution in [3.05, 3.63) is 118 Å². The summed E-state index contributed by atoms with van der Waals surface area (Å²) in [6, 6.07) is 27.5. The van der Waals surface area contributed by atoms with Gasteiger partial charge in [0.1, 0.15) is 11.5 Å². The average Bonchev–Trinajstić information content (AvgIpc) is 2.74. The van der Waals surface area contributed by atoms with Crippen molar-refractivity contribution in [2.24, 2.45) is 0 Å². The van der Waals surface area contributed by atoms with Crippen LogP contribution in [-0.4, -0.2) is 0 Å². The van der Waals surface area contributed by atoms with Crippen LogP contribution in [-0.2, 0) is 0 Å². The van der Waals surface area contributed by atoms with Crippen LogP contribution in [0.4, 0.5) is 0 Å². The van der Waals surface area contributed by atoms with Gasteiger partial charge in [0, 0.05) is 0 Å². The SMILES string of the molecule is Cc1ccc(-c2ccc(C)cc2C)c(C)c1.Cc1ccc(Oc2ccc(C)c(C)c2)cc1. The van der Waals surface area contributed by atoms with E-state index in [-0.39, 0.29) is 0 Å². The molecule has 1 heteroatoms. The van der Waals surface area contributed by atoms with Crippen molar-refractivity contribution in [3.8, 4) is 22.6 Å². The minimum Gasteiger partial charge on any atom is -0.457 e. The number of rotatable bonds is 3. The van der Waals surface area contributed by atoms with Crippen LogP contribution < -0.4 is 4.74 Å². The van der Waals surface area contributed by atoms with Gasteiger partial charge in [0.05, 0.1) is 0 Å². The molecule has 0 unspecified atom stereocenters. The van der Waals surface area contributed by atoms with Crippen molar-refractivity contribution in [2.45, 2.75) is 48.5 Å². The summed E-state index contributed by atoms with van der Waals surface area (Å²) in [6.07, 6.45) is 0. The number of benzene rings is 4. The highest BCUT2D eigenvalue weighted by Gasteiger charge is 2.05. The van der Waals surface area contributed by atoms with Crippen LogP contribution >= 0.6 is 0 Å². The summed E-state index contributed by atoms with van der Waals surface area (Å²) in [5.74, 6) is 1.78. The van der Waals surface area contributed by atoms with E-state index in [1.54, 1.807) is 0 Å². The average molecular weight is 423 g/mol. The van der Waals surface area contributed by atoms with Gasteiger partial charge in [-0.2, -0.15) is 0 Å². The van der Waals surface area contributed by atoms with Gasteiger partial charge in [-0.05, 0) is 106 Å². The van der Waals surface area contributed by atoms with Gasteiger partial charge in [-0.15, -0.1) is 0 Å². The third-order valence-corrected chi connectivity index (χ3v) is 5.79. The van der Waals surface area contributed by atoms with Crippen molar-refractivity contribution in [1.29, 1.82) is 0 Å². The molecule has 0 N–H and O–H groups in total. The first-order valence-electron chi connectivity index (χ1n) is 11.2. The molecule has 0 amide bonds. The van der Waals surface area contributed by atoms with E-state index in [0.717, 1.165) is 11.5 Å². The quantitative estimate of drug-likeness (QED) is 0.320. The number of hydrogen-bond acceptors (Lipinski definition) is 1. The highest BCUT2D eigenvalue weighted by molar-refractivity contribution is 5.71. The molecule has 1 nitrogen and oxygen atoms in total. The number of aryl methyl sites for hydroxylation is 7. The Balaban J connectivity index is 0.000000181. The van der Waals surface area contributed by atoms with E-state index in [2.05, 4.69) is 109 Å². The molecular weight excluding hydrogens is 388 g/mol. The normalized spacial score (nSPS) is 10.3. The summed E-state index contributed by atoms with van der Waals surface area (Å²) in [4.78, 5) is 0. The lowest BCUT2D eigenvalue weighted by Gasteiger charge is -2.10. The highest BCUT2D eigenvalue weighted by Crippen LogP contribution is 2.28. The summed E-state index contributed by atoms with van der Waals surface area (Å²) in [6.45, 7) is 14.9. The molecule has 164 valence electrons.